The third-order valence-electron chi connectivity index (χ3n) is 3.12. The normalized spacial score (nSPS) is 15.8. The van der Waals surface area contributed by atoms with Crippen LogP contribution in [0.5, 0.6) is 0 Å². The van der Waals surface area contributed by atoms with Gasteiger partial charge in [0, 0.05) is 12.6 Å². The van der Waals surface area contributed by atoms with Crippen molar-refractivity contribution in [2.45, 2.75) is 38.4 Å². The van der Waals surface area contributed by atoms with Gasteiger partial charge in [-0.15, -0.1) is 0 Å². The summed E-state index contributed by atoms with van der Waals surface area (Å²) in [5, 5.41) is 0. The highest BCUT2D eigenvalue weighted by Gasteiger charge is 2.33. The molecule has 1 saturated carbocycles. The summed E-state index contributed by atoms with van der Waals surface area (Å²) in [6, 6.07) is 4.08. The van der Waals surface area contributed by atoms with Gasteiger partial charge in [-0.1, -0.05) is 6.92 Å². The van der Waals surface area contributed by atoms with Crippen LogP contribution in [0.4, 0.5) is 24.5 Å². The van der Waals surface area contributed by atoms with Crippen LogP contribution >= 0.6 is 0 Å². The number of rotatable bonds is 4. The lowest BCUT2D eigenvalue weighted by Crippen LogP contribution is -2.27. The van der Waals surface area contributed by atoms with Crippen LogP contribution in [0.3, 0.4) is 0 Å². The average molecular weight is 258 g/mol. The quantitative estimate of drug-likeness (QED) is 0.835. The number of nitrogens with two attached hydrogens (primary N) is 1. The SMILES string of the molecule is CCCN(c1ccc(C(F)(F)F)cc1N)C1CC1. The molecule has 1 aliphatic rings. The number of nitrogen functional groups attached to an aromatic ring is 1. The number of hydrogen-bond donors (Lipinski definition) is 1. The van der Waals surface area contributed by atoms with Crippen molar-refractivity contribution in [1.29, 1.82) is 0 Å². The second kappa shape index (κ2) is 4.71. The molecule has 18 heavy (non-hydrogen) atoms. The molecule has 1 aliphatic carbocycles. The van der Waals surface area contributed by atoms with Gasteiger partial charge in [0.05, 0.1) is 16.9 Å². The van der Waals surface area contributed by atoms with Crippen molar-refractivity contribution in [2.24, 2.45) is 0 Å². The summed E-state index contributed by atoms with van der Waals surface area (Å²) in [5.41, 5.74) is 6.03. The summed E-state index contributed by atoms with van der Waals surface area (Å²) < 4.78 is 37.7. The fourth-order valence-corrected chi connectivity index (χ4v) is 2.12. The van der Waals surface area contributed by atoms with E-state index in [0.29, 0.717) is 6.04 Å². The number of alkyl halides is 3. The van der Waals surface area contributed by atoms with Gasteiger partial charge in [-0.3, -0.25) is 0 Å². The second-order valence-corrected chi connectivity index (χ2v) is 4.70. The zero-order valence-electron chi connectivity index (χ0n) is 10.3. The molecular weight excluding hydrogens is 241 g/mol. The lowest BCUT2D eigenvalue weighted by atomic mass is 10.1. The molecule has 0 atom stereocenters. The molecule has 100 valence electrons. The first-order valence-electron chi connectivity index (χ1n) is 6.17. The minimum atomic E-state index is -4.33. The van der Waals surface area contributed by atoms with Gasteiger partial charge in [-0.2, -0.15) is 13.2 Å². The predicted molar refractivity (Wildman–Crippen MR) is 66.5 cm³/mol. The highest BCUT2D eigenvalue weighted by molar-refractivity contribution is 5.69. The highest BCUT2D eigenvalue weighted by atomic mass is 19.4. The van der Waals surface area contributed by atoms with Gasteiger partial charge in [0.25, 0.3) is 0 Å². The van der Waals surface area contributed by atoms with E-state index in [4.69, 9.17) is 5.73 Å². The molecule has 2 nitrogen and oxygen atoms in total. The Labute approximate surface area is 105 Å². The molecule has 0 radical (unpaired) electrons. The standard InChI is InChI=1S/C13H17F3N2/c1-2-7-18(10-4-5-10)12-6-3-9(8-11(12)17)13(14,15)16/h3,6,8,10H,2,4-5,7,17H2,1H3. The fraction of sp³-hybridized carbons (Fsp3) is 0.538. The Balaban J connectivity index is 2.28. The molecule has 0 saturated heterocycles. The summed E-state index contributed by atoms with van der Waals surface area (Å²) >= 11 is 0. The Morgan fingerprint density at radius 2 is 2.00 bits per heavy atom. The van der Waals surface area contributed by atoms with E-state index in [1.165, 1.54) is 6.07 Å². The minimum Gasteiger partial charge on any atom is -0.397 e. The van der Waals surface area contributed by atoms with Crippen LogP contribution in [0.1, 0.15) is 31.7 Å². The van der Waals surface area contributed by atoms with E-state index in [0.717, 1.165) is 43.6 Å². The van der Waals surface area contributed by atoms with Gasteiger partial charge in [0.15, 0.2) is 0 Å². The van der Waals surface area contributed by atoms with E-state index >= 15 is 0 Å². The molecule has 0 bridgehead atoms. The van der Waals surface area contributed by atoms with E-state index in [-0.39, 0.29) is 5.69 Å². The monoisotopic (exact) mass is 258 g/mol. The van der Waals surface area contributed by atoms with Gasteiger partial charge < -0.3 is 10.6 Å². The highest BCUT2D eigenvalue weighted by Crippen LogP contribution is 2.38. The first kappa shape index (κ1) is 13.1. The molecule has 0 amide bonds. The van der Waals surface area contributed by atoms with Crippen LogP contribution in [-0.2, 0) is 6.18 Å². The van der Waals surface area contributed by atoms with Crippen LogP contribution in [-0.4, -0.2) is 12.6 Å². The predicted octanol–water partition coefficient (Wildman–Crippen LogP) is 3.67. The van der Waals surface area contributed by atoms with Gasteiger partial charge >= 0.3 is 6.18 Å². The van der Waals surface area contributed by atoms with Crippen molar-refractivity contribution in [3.63, 3.8) is 0 Å². The van der Waals surface area contributed by atoms with E-state index in [1.54, 1.807) is 0 Å². The fourth-order valence-electron chi connectivity index (χ4n) is 2.12. The second-order valence-electron chi connectivity index (χ2n) is 4.70. The molecule has 0 aromatic heterocycles. The van der Waals surface area contributed by atoms with Crippen molar-refractivity contribution in [3.8, 4) is 0 Å². The Hall–Kier alpha value is -1.39. The number of hydrogen-bond acceptors (Lipinski definition) is 2. The van der Waals surface area contributed by atoms with Crippen LogP contribution in [0.15, 0.2) is 18.2 Å². The molecule has 5 heteroatoms. The molecule has 0 heterocycles. The summed E-state index contributed by atoms with van der Waals surface area (Å²) in [6.07, 6.45) is -1.18. The summed E-state index contributed by atoms with van der Waals surface area (Å²) in [7, 11) is 0. The van der Waals surface area contributed by atoms with Gasteiger partial charge in [-0.25, -0.2) is 0 Å². The zero-order valence-corrected chi connectivity index (χ0v) is 10.3. The molecular formula is C13H17F3N2. The lowest BCUT2D eigenvalue weighted by molar-refractivity contribution is -0.137. The maximum absolute atomic E-state index is 12.6. The van der Waals surface area contributed by atoms with Crippen LogP contribution in [0.25, 0.3) is 0 Å². The van der Waals surface area contributed by atoms with Gasteiger partial charge in [0.2, 0.25) is 0 Å². The molecule has 0 aliphatic heterocycles. The summed E-state index contributed by atoms with van der Waals surface area (Å²) in [4.78, 5) is 2.12. The van der Waals surface area contributed by atoms with Crippen LogP contribution in [0.2, 0.25) is 0 Å². The third kappa shape index (κ3) is 2.71. The van der Waals surface area contributed by atoms with Crippen molar-refractivity contribution < 1.29 is 13.2 Å². The number of benzene rings is 1. The Morgan fingerprint density at radius 3 is 2.44 bits per heavy atom. The Morgan fingerprint density at radius 1 is 1.33 bits per heavy atom. The molecule has 1 aromatic rings. The lowest BCUT2D eigenvalue weighted by Gasteiger charge is -2.26. The molecule has 2 rings (SSSR count). The number of halogens is 3. The van der Waals surface area contributed by atoms with Crippen LogP contribution in [0, 0.1) is 0 Å². The Kier molecular flexibility index (Phi) is 3.41. The third-order valence-corrected chi connectivity index (χ3v) is 3.12. The Bertz CT molecular complexity index is 425. The van der Waals surface area contributed by atoms with Crippen molar-refractivity contribution >= 4 is 11.4 Å². The minimum absolute atomic E-state index is 0.213. The molecule has 2 N–H and O–H groups in total. The first-order valence-corrected chi connectivity index (χ1v) is 6.17. The van der Waals surface area contributed by atoms with Crippen molar-refractivity contribution in [2.75, 3.05) is 17.2 Å². The number of anilines is 2. The molecule has 1 fully saturated rings. The maximum Gasteiger partial charge on any atom is 0.416 e. The average Bonchev–Trinajstić information content (AvgIpc) is 3.09. The van der Waals surface area contributed by atoms with Gasteiger partial charge in [-0.05, 0) is 37.5 Å². The van der Waals surface area contributed by atoms with E-state index < -0.39 is 11.7 Å². The topological polar surface area (TPSA) is 29.3 Å². The summed E-state index contributed by atoms with van der Waals surface area (Å²) in [5.74, 6) is 0. The smallest absolute Gasteiger partial charge is 0.397 e. The van der Waals surface area contributed by atoms with E-state index in [1.807, 2.05) is 0 Å². The first-order chi connectivity index (χ1) is 8.43. The van der Waals surface area contributed by atoms with Crippen molar-refractivity contribution in [1.82, 2.24) is 0 Å². The summed E-state index contributed by atoms with van der Waals surface area (Å²) in [6.45, 7) is 2.88. The maximum atomic E-state index is 12.6. The number of nitrogens with zero attached hydrogens (tertiary/aromatic N) is 1. The van der Waals surface area contributed by atoms with E-state index in [2.05, 4.69) is 11.8 Å². The molecule has 1 aromatic carbocycles. The molecule has 0 unspecified atom stereocenters. The van der Waals surface area contributed by atoms with Crippen molar-refractivity contribution in [3.05, 3.63) is 23.8 Å². The zero-order chi connectivity index (χ0) is 13.3. The molecule has 0 spiro atoms. The van der Waals surface area contributed by atoms with Crippen LogP contribution < -0.4 is 10.6 Å². The largest absolute Gasteiger partial charge is 0.416 e. The van der Waals surface area contributed by atoms with Gasteiger partial charge in [0.1, 0.15) is 0 Å². The van der Waals surface area contributed by atoms with E-state index in [9.17, 15) is 13.2 Å².